The number of rotatable bonds is 3. The van der Waals surface area contributed by atoms with Gasteiger partial charge in [0.25, 0.3) is 0 Å². The molecule has 1 N–H and O–H groups in total. The Kier molecular flexibility index (Phi) is 3.33. The van der Waals surface area contributed by atoms with Gasteiger partial charge in [0.2, 0.25) is 5.95 Å². The first-order chi connectivity index (χ1) is 9.33. The quantitative estimate of drug-likeness (QED) is 0.777. The highest BCUT2D eigenvalue weighted by molar-refractivity contribution is 9.10. The second kappa shape index (κ2) is 5.28. The third kappa shape index (κ3) is 2.69. The first-order valence-electron chi connectivity index (χ1n) is 5.94. The van der Waals surface area contributed by atoms with Crippen molar-refractivity contribution in [2.45, 2.75) is 0 Å². The van der Waals surface area contributed by atoms with Crippen LogP contribution in [0.2, 0.25) is 0 Å². The Hall–Kier alpha value is -2.07. The molecule has 19 heavy (non-hydrogen) atoms. The lowest BCUT2D eigenvalue weighted by atomic mass is 10.3. The summed E-state index contributed by atoms with van der Waals surface area (Å²) in [6.07, 6.45) is 3.72. The van der Waals surface area contributed by atoms with Gasteiger partial charge in [-0.3, -0.25) is 4.57 Å². The lowest BCUT2D eigenvalue weighted by Gasteiger charge is -2.09. The summed E-state index contributed by atoms with van der Waals surface area (Å²) < 4.78 is 3.08. The monoisotopic (exact) mass is 313 g/mol. The number of anilines is 2. The first kappa shape index (κ1) is 12.0. The zero-order valence-corrected chi connectivity index (χ0v) is 11.7. The summed E-state index contributed by atoms with van der Waals surface area (Å²) in [6.45, 7) is 0. The molecule has 0 saturated heterocycles. The molecule has 0 amide bonds. The van der Waals surface area contributed by atoms with Crippen molar-refractivity contribution in [3.8, 4) is 5.69 Å². The topological polar surface area (TPSA) is 29.9 Å². The minimum absolute atomic E-state index is 0.800. The molecule has 0 unspecified atom stereocenters. The summed E-state index contributed by atoms with van der Waals surface area (Å²) >= 11 is 3.44. The van der Waals surface area contributed by atoms with Gasteiger partial charge in [0, 0.05) is 28.2 Å². The normalized spacial score (nSPS) is 10.4. The molecule has 0 aliphatic heterocycles. The third-order valence-corrected chi connectivity index (χ3v) is 3.30. The molecule has 2 aromatic carbocycles. The van der Waals surface area contributed by atoms with Gasteiger partial charge in [0.15, 0.2) is 0 Å². The molecule has 0 aliphatic rings. The zero-order chi connectivity index (χ0) is 13.1. The average Bonchev–Trinajstić information content (AvgIpc) is 2.89. The first-order valence-corrected chi connectivity index (χ1v) is 6.73. The Morgan fingerprint density at radius 2 is 1.68 bits per heavy atom. The van der Waals surface area contributed by atoms with Crippen molar-refractivity contribution < 1.29 is 0 Å². The number of benzene rings is 2. The van der Waals surface area contributed by atoms with Crippen molar-refractivity contribution in [2.75, 3.05) is 5.32 Å². The van der Waals surface area contributed by atoms with E-state index in [1.54, 1.807) is 6.20 Å². The van der Waals surface area contributed by atoms with E-state index in [2.05, 4.69) is 26.2 Å². The number of imidazole rings is 1. The van der Waals surface area contributed by atoms with E-state index in [0.29, 0.717) is 0 Å². The number of nitrogens with one attached hydrogen (secondary N) is 1. The SMILES string of the molecule is Brc1ccc(-n2ccnc2Nc2ccccc2)cc1. The number of para-hydroxylation sites is 1. The van der Waals surface area contributed by atoms with Crippen LogP contribution in [0, 0.1) is 0 Å². The van der Waals surface area contributed by atoms with Crippen LogP contribution in [0.15, 0.2) is 71.5 Å². The maximum atomic E-state index is 4.35. The van der Waals surface area contributed by atoms with Gasteiger partial charge in [-0.25, -0.2) is 4.98 Å². The molecule has 3 rings (SSSR count). The van der Waals surface area contributed by atoms with Crippen LogP contribution in [0.4, 0.5) is 11.6 Å². The Balaban J connectivity index is 1.92. The second-order valence-corrected chi connectivity index (χ2v) is 5.00. The predicted octanol–water partition coefficient (Wildman–Crippen LogP) is 4.38. The lowest BCUT2D eigenvalue weighted by molar-refractivity contribution is 1.06. The summed E-state index contributed by atoms with van der Waals surface area (Å²) in [6, 6.07) is 18.1. The molecule has 0 aliphatic carbocycles. The molecule has 0 radical (unpaired) electrons. The van der Waals surface area contributed by atoms with E-state index < -0.39 is 0 Å². The zero-order valence-electron chi connectivity index (χ0n) is 10.1. The van der Waals surface area contributed by atoms with Gasteiger partial charge < -0.3 is 5.32 Å². The Morgan fingerprint density at radius 3 is 2.42 bits per heavy atom. The van der Waals surface area contributed by atoms with Gasteiger partial charge in [-0.2, -0.15) is 0 Å². The highest BCUT2D eigenvalue weighted by Gasteiger charge is 2.04. The summed E-state index contributed by atoms with van der Waals surface area (Å²) in [5, 5.41) is 3.31. The molecule has 1 heterocycles. The Labute approximate surface area is 120 Å². The van der Waals surface area contributed by atoms with Crippen LogP contribution in [-0.4, -0.2) is 9.55 Å². The van der Waals surface area contributed by atoms with Crippen LogP contribution >= 0.6 is 15.9 Å². The van der Waals surface area contributed by atoms with E-state index in [0.717, 1.165) is 21.8 Å². The van der Waals surface area contributed by atoms with Crippen LogP contribution in [-0.2, 0) is 0 Å². The van der Waals surface area contributed by atoms with E-state index in [1.807, 2.05) is 65.4 Å². The fraction of sp³-hybridized carbons (Fsp3) is 0. The van der Waals surface area contributed by atoms with Crippen molar-refractivity contribution in [1.82, 2.24) is 9.55 Å². The van der Waals surface area contributed by atoms with Gasteiger partial charge in [0.1, 0.15) is 0 Å². The maximum absolute atomic E-state index is 4.35. The smallest absolute Gasteiger partial charge is 0.211 e. The largest absolute Gasteiger partial charge is 0.325 e. The van der Waals surface area contributed by atoms with E-state index in [4.69, 9.17) is 0 Å². The van der Waals surface area contributed by atoms with Gasteiger partial charge in [-0.1, -0.05) is 34.1 Å². The fourth-order valence-corrected chi connectivity index (χ4v) is 2.12. The fourth-order valence-electron chi connectivity index (χ4n) is 1.86. The summed E-state index contributed by atoms with van der Waals surface area (Å²) in [5.74, 6) is 0.800. The number of nitrogens with zero attached hydrogens (tertiary/aromatic N) is 2. The highest BCUT2D eigenvalue weighted by Crippen LogP contribution is 2.20. The Bertz CT molecular complexity index is 659. The minimum atomic E-state index is 0.800. The molecule has 0 bridgehead atoms. The van der Waals surface area contributed by atoms with E-state index in [9.17, 15) is 0 Å². The van der Waals surface area contributed by atoms with Crippen LogP contribution < -0.4 is 5.32 Å². The van der Waals surface area contributed by atoms with Crippen LogP contribution in [0.3, 0.4) is 0 Å². The maximum Gasteiger partial charge on any atom is 0.211 e. The molecule has 0 saturated carbocycles. The van der Waals surface area contributed by atoms with Crippen molar-refractivity contribution >= 4 is 27.6 Å². The molecule has 1 aromatic heterocycles. The van der Waals surface area contributed by atoms with Crippen molar-refractivity contribution in [3.05, 3.63) is 71.5 Å². The number of aromatic nitrogens is 2. The van der Waals surface area contributed by atoms with Crippen LogP contribution in [0.5, 0.6) is 0 Å². The van der Waals surface area contributed by atoms with Gasteiger partial charge in [0.05, 0.1) is 0 Å². The molecule has 4 heteroatoms. The minimum Gasteiger partial charge on any atom is -0.325 e. The van der Waals surface area contributed by atoms with Crippen molar-refractivity contribution in [3.63, 3.8) is 0 Å². The molecule has 3 aromatic rings. The number of halogens is 1. The van der Waals surface area contributed by atoms with Gasteiger partial charge >= 0.3 is 0 Å². The molecule has 3 nitrogen and oxygen atoms in total. The number of hydrogen-bond acceptors (Lipinski definition) is 2. The van der Waals surface area contributed by atoms with Crippen molar-refractivity contribution in [2.24, 2.45) is 0 Å². The molecule has 94 valence electrons. The molecular weight excluding hydrogens is 302 g/mol. The predicted molar refractivity (Wildman–Crippen MR) is 81.0 cm³/mol. The molecule has 0 fully saturated rings. The van der Waals surface area contributed by atoms with Crippen LogP contribution in [0.25, 0.3) is 5.69 Å². The van der Waals surface area contributed by atoms with E-state index in [-0.39, 0.29) is 0 Å². The standard InChI is InChI=1S/C15H12BrN3/c16-12-6-8-14(9-7-12)19-11-10-17-15(19)18-13-4-2-1-3-5-13/h1-11H,(H,17,18). The summed E-state index contributed by atoms with van der Waals surface area (Å²) in [5.41, 5.74) is 2.09. The molecule has 0 spiro atoms. The average molecular weight is 314 g/mol. The Morgan fingerprint density at radius 1 is 0.947 bits per heavy atom. The lowest BCUT2D eigenvalue weighted by Crippen LogP contribution is -2.00. The molecular formula is C15H12BrN3. The van der Waals surface area contributed by atoms with Crippen LogP contribution in [0.1, 0.15) is 0 Å². The summed E-state index contributed by atoms with van der Waals surface area (Å²) in [4.78, 5) is 4.35. The second-order valence-electron chi connectivity index (χ2n) is 4.09. The summed E-state index contributed by atoms with van der Waals surface area (Å²) in [7, 11) is 0. The molecule has 0 atom stereocenters. The highest BCUT2D eigenvalue weighted by atomic mass is 79.9. The third-order valence-electron chi connectivity index (χ3n) is 2.78. The van der Waals surface area contributed by atoms with E-state index in [1.165, 1.54) is 0 Å². The van der Waals surface area contributed by atoms with Gasteiger partial charge in [-0.05, 0) is 36.4 Å². The van der Waals surface area contributed by atoms with E-state index >= 15 is 0 Å². The van der Waals surface area contributed by atoms with Gasteiger partial charge in [-0.15, -0.1) is 0 Å². The number of hydrogen-bond donors (Lipinski definition) is 1. The van der Waals surface area contributed by atoms with Crippen molar-refractivity contribution in [1.29, 1.82) is 0 Å².